The first-order valence-electron chi connectivity index (χ1n) is 8.61. The van der Waals surface area contributed by atoms with E-state index in [9.17, 15) is 4.79 Å². The second kappa shape index (κ2) is 7.51. The molecule has 6 heteroatoms. The fourth-order valence-electron chi connectivity index (χ4n) is 3.10. The summed E-state index contributed by atoms with van der Waals surface area (Å²) in [7, 11) is 1.61. The van der Waals surface area contributed by atoms with Crippen molar-refractivity contribution < 1.29 is 9.53 Å². The summed E-state index contributed by atoms with van der Waals surface area (Å²) in [6.45, 7) is 6.01. The Morgan fingerprint density at radius 3 is 2.72 bits per heavy atom. The normalized spacial score (nSPS) is 17.2. The molecule has 3 rings (SSSR count). The quantitative estimate of drug-likeness (QED) is 0.925. The molecule has 1 unspecified atom stereocenters. The summed E-state index contributed by atoms with van der Waals surface area (Å²) in [5.41, 5.74) is 1.09. The summed E-state index contributed by atoms with van der Waals surface area (Å²) in [5, 5.41) is 2.87. The van der Waals surface area contributed by atoms with Crippen molar-refractivity contribution in [3.8, 4) is 5.75 Å². The molecular formula is C19H24N4O2. The van der Waals surface area contributed by atoms with Crippen LogP contribution < -0.4 is 15.0 Å². The number of benzene rings is 1. The lowest BCUT2D eigenvalue weighted by Gasteiger charge is -2.32. The molecule has 2 aromatic rings. The lowest BCUT2D eigenvalue weighted by atomic mass is 10.0. The number of amides is 1. The predicted molar refractivity (Wildman–Crippen MR) is 98.3 cm³/mol. The van der Waals surface area contributed by atoms with Gasteiger partial charge in [0, 0.05) is 24.8 Å². The molecule has 0 saturated carbocycles. The molecule has 25 heavy (non-hydrogen) atoms. The number of nitrogens with one attached hydrogen (secondary N) is 1. The Morgan fingerprint density at radius 2 is 2.04 bits per heavy atom. The average Bonchev–Trinajstić information content (AvgIpc) is 2.62. The summed E-state index contributed by atoms with van der Waals surface area (Å²) in [4.78, 5) is 23.6. The summed E-state index contributed by atoms with van der Waals surface area (Å²) >= 11 is 0. The molecule has 1 fully saturated rings. The molecular weight excluding hydrogens is 316 g/mol. The molecule has 0 spiro atoms. The van der Waals surface area contributed by atoms with Crippen molar-refractivity contribution in [3.05, 3.63) is 41.9 Å². The van der Waals surface area contributed by atoms with Crippen molar-refractivity contribution in [1.29, 1.82) is 0 Å². The zero-order valence-electron chi connectivity index (χ0n) is 15.0. The number of hydrogen-bond acceptors (Lipinski definition) is 5. The van der Waals surface area contributed by atoms with Crippen LogP contribution in [0, 0.1) is 12.8 Å². The van der Waals surface area contributed by atoms with Crippen LogP contribution in [0.15, 0.2) is 30.3 Å². The first-order chi connectivity index (χ1) is 12.0. The molecule has 1 N–H and O–H groups in total. The Bertz CT molecular complexity index is 746. The zero-order chi connectivity index (χ0) is 17.8. The van der Waals surface area contributed by atoms with Gasteiger partial charge in [-0.25, -0.2) is 9.97 Å². The SMILES string of the molecule is COc1ccc(NC(=O)c2cc(N3CCCC(C)C3)nc(C)n2)cc1. The lowest BCUT2D eigenvalue weighted by molar-refractivity contribution is 0.102. The molecule has 1 amide bonds. The number of aromatic nitrogens is 2. The van der Waals surface area contributed by atoms with E-state index in [-0.39, 0.29) is 5.91 Å². The monoisotopic (exact) mass is 340 g/mol. The molecule has 1 aromatic heterocycles. The van der Waals surface area contributed by atoms with Gasteiger partial charge in [-0.15, -0.1) is 0 Å². The number of piperidine rings is 1. The summed E-state index contributed by atoms with van der Waals surface area (Å²) in [6.07, 6.45) is 2.39. The smallest absolute Gasteiger partial charge is 0.274 e. The van der Waals surface area contributed by atoms with Crippen molar-refractivity contribution >= 4 is 17.4 Å². The van der Waals surface area contributed by atoms with Gasteiger partial charge in [0.1, 0.15) is 23.1 Å². The van der Waals surface area contributed by atoms with Crippen LogP contribution in [0.3, 0.4) is 0 Å². The van der Waals surface area contributed by atoms with Crippen LogP contribution in [0.4, 0.5) is 11.5 Å². The van der Waals surface area contributed by atoms with Crippen LogP contribution >= 0.6 is 0 Å². The Labute approximate surface area is 148 Å². The first-order valence-corrected chi connectivity index (χ1v) is 8.61. The van der Waals surface area contributed by atoms with E-state index >= 15 is 0 Å². The Morgan fingerprint density at radius 1 is 1.28 bits per heavy atom. The van der Waals surface area contributed by atoms with Gasteiger partial charge in [0.25, 0.3) is 5.91 Å². The number of ether oxygens (including phenoxy) is 1. The number of methoxy groups -OCH3 is 1. The van der Waals surface area contributed by atoms with Crippen LogP contribution in [0.25, 0.3) is 0 Å². The molecule has 2 heterocycles. The van der Waals surface area contributed by atoms with Crippen LogP contribution in [0.2, 0.25) is 0 Å². The van der Waals surface area contributed by atoms with Crippen LogP contribution in [-0.2, 0) is 0 Å². The Kier molecular flexibility index (Phi) is 5.16. The highest BCUT2D eigenvalue weighted by molar-refractivity contribution is 6.03. The van der Waals surface area contributed by atoms with Gasteiger partial charge in [0.2, 0.25) is 0 Å². The van der Waals surface area contributed by atoms with E-state index in [2.05, 4.69) is 27.1 Å². The number of carbonyl (C=O) groups excluding carboxylic acids is 1. The highest BCUT2D eigenvalue weighted by atomic mass is 16.5. The van der Waals surface area contributed by atoms with Gasteiger partial charge < -0.3 is 15.0 Å². The third kappa shape index (κ3) is 4.26. The van der Waals surface area contributed by atoms with Crippen molar-refractivity contribution in [2.75, 3.05) is 30.4 Å². The van der Waals surface area contributed by atoms with Gasteiger partial charge in [-0.1, -0.05) is 6.92 Å². The fourth-order valence-corrected chi connectivity index (χ4v) is 3.10. The third-order valence-corrected chi connectivity index (χ3v) is 4.39. The van der Waals surface area contributed by atoms with E-state index in [4.69, 9.17) is 4.74 Å². The first kappa shape index (κ1) is 17.2. The fraction of sp³-hybridized carbons (Fsp3) is 0.421. The van der Waals surface area contributed by atoms with E-state index in [1.165, 1.54) is 6.42 Å². The van der Waals surface area contributed by atoms with E-state index in [0.29, 0.717) is 23.1 Å². The minimum atomic E-state index is -0.234. The summed E-state index contributed by atoms with van der Waals surface area (Å²) in [5.74, 6) is 2.59. The molecule has 6 nitrogen and oxygen atoms in total. The summed E-state index contributed by atoms with van der Waals surface area (Å²) < 4.78 is 5.13. The molecule has 1 saturated heterocycles. The lowest BCUT2D eigenvalue weighted by Crippen LogP contribution is -2.35. The van der Waals surface area contributed by atoms with Crippen molar-refractivity contribution in [2.24, 2.45) is 5.92 Å². The molecule has 1 aromatic carbocycles. The highest BCUT2D eigenvalue weighted by Crippen LogP contribution is 2.22. The maximum absolute atomic E-state index is 12.6. The number of aryl methyl sites for hydroxylation is 1. The van der Waals surface area contributed by atoms with Gasteiger partial charge >= 0.3 is 0 Å². The minimum Gasteiger partial charge on any atom is -0.497 e. The highest BCUT2D eigenvalue weighted by Gasteiger charge is 2.20. The Hall–Kier alpha value is -2.63. The molecule has 1 atom stereocenters. The molecule has 132 valence electrons. The number of nitrogens with zero attached hydrogens (tertiary/aromatic N) is 3. The van der Waals surface area contributed by atoms with Crippen molar-refractivity contribution in [3.63, 3.8) is 0 Å². The largest absolute Gasteiger partial charge is 0.497 e. The van der Waals surface area contributed by atoms with Crippen LogP contribution in [0.5, 0.6) is 5.75 Å². The zero-order valence-corrected chi connectivity index (χ0v) is 15.0. The molecule has 1 aliphatic heterocycles. The van der Waals surface area contributed by atoms with Crippen LogP contribution in [-0.4, -0.2) is 36.1 Å². The van der Waals surface area contributed by atoms with Crippen molar-refractivity contribution in [2.45, 2.75) is 26.7 Å². The number of hydrogen-bond donors (Lipinski definition) is 1. The molecule has 0 radical (unpaired) electrons. The second-order valence-corrected chi connectivity index (χ2v) is 6.53. The van der Waals surface area contributed by atoms with E-state index in [1.807, 2.05) is 6.92 Å². The number of carbonyl (C=O) groups is 1. The van der Waals surface area contributed by atoms with Gasteiger partial charge in [-0.05, 0) is 49.9 Å². The van der Waals surface area contributed by atoms with E-state index in [0.717, 1.165) is 31.1 Å². The standard InChI is InChI=1S/C19H24N4O2/c1-13-5-4-10-23(12-13)18-11-17(20-14(2)21-18)19(24)22-15-6-8-16(25-3)9-7-15/h6-9,11,13H,4-5,10,12H2,1-3H3,(H,22,24). The van der Waals surface area contributed by atoms with Crippen LogP contribution in [0.1, 0.15) is 36.1 Å². The van der Waals surface area contributed by atoms with Crippen molar-refractivity contribution in [1.82, 2.24) is 9.97 Å². The van der Waals surface area contributed by atoms with Gasteiger partial charge in [0.05, 0.1) is 7.11 Å². The Balaban J connectivity index is 1.77. The topological polar surface area (TPSA) is 67.3 Å². The summed E-state index contributed by atoms with van der Waals surface area (Å²) in [6, 6.07) is 9.00. The van der Waals surface area contributed by atoms with Gasteiger partial charge in [0.15, 0.2) is 0 Å². The maximum atomic E-state index is 12.6. The van der Waals surface area contributed by atoms with E-state index < -0.39 is 0 Å². The number of anilines is 2. The second-order valence-electron chi connectivity index (χ2n) is 6.53. The third-order valence-electron chi connectivity index (χ3n) is 4.39. The van der Waals surface area contributed by atoms with Gasteiger partial charge in [-0.3, -0.25) is 4.79 Å². The average molecular weight is 340 g/mol. The molecule has 0 bridgehead atoms. The molecule has 1 aliphatic rings. The van der Waals surface area contributed by atoms with E-state index in [1.54, 1.807) is 37.4 Å². The minimum absolute atomic E-state index is 0.234. The van der Waals surface area contributed by atoms with Gasteiger partial charge in [-0.2, -0.15) is 0 Å². The number of rotatable bonds is 4. The molecule has 0 aliphatic carbocycles. The predicted octanol–water partition coefficient (Wildman–Crippen LogP) is 3.28. The maximum Gasteiger partial charge on any atom is 0.274 e.